The Morgan fingerprint density at radius 3 is 2.47 bits per heavy atom. The molecule has 1 aromatic heterocycles. The van der Waals surface area contributed by atoms with E-state index >= 15 is 0 Å². The van der Waals surface area contributed by atoms with Gasteiger partial charge in [-0.1, -0.05) is 41.9 Å². The number of aromatic nitrogens is 2. The Kier molecular flexibility index (Phi) is 3.50. The Balaban J connectivity index is 2.19. The molecule has 0 saturated heterocycles. The van der Waals surface area contributed by atoms with Crippen molar-refractivity contribution in [2.24, 2.45) is 5.73 Å². The van der Waals surface area contributed by atoms with Crippen LogP contribution in [-0.2, 0) is 6.54 Å². The van der Waals surface area contributed by atoms with E-state index in [-0.39, 0.29) is 6.04 Å². The lowest BCUT2D eigenvalue weighted by Crippen LogP contribution is -2.19. The van der Waals surface area contributed by atoms with Crippen molar-refractivity contribution in [2.75, 3.05) is 0 Å². The first-order valence-corrected chi connectivity index (χ1v) is 5.97. The molecule has 2 rings (SSSR count). The molecule has 1 atom stereocenters. The van der Waals surface area contributed by atoms with Crippen molar-refractivity contribution in [3.05, 3.63) is 52.3 Å². The van der Waals surface area contributed by atoms with Gasteiger partial charge >= 0.3 is 0 Å². The molecule has 0 radical (unpaired) electrons. The molecule has 0 aliphatic carbocycles. The van der Waals surface area contributed by atoms with E-state index in [1.165, 1.54) is 0 Å². The summed E-state index contributed by atoms with van der Waals surface area (Å²) in [5, 5.41) is 5.11. The zero-order chi connectivity index (χ0) is 12.4. The lowest BCUT2D eigenvalue weighted by Gasteiger charge is -2.13. The molecule has 0 aliphatic heterocycles. The van der Waals surface area contributed by atoms with Crippen LogP contribution in [0, 0.1) is 13.8 Å². The van der Waals surface area contributed by atoms with Gasteiger partial charge < -0.3 is 5.73 Å². The van der Waals surface area contributed by atoms with E-state index in [9.17, 15) is 0 Å². The van der Waals surface area contributed by atoms with Gasteiger partial charge in [0.1, 0.15) is 0 Å². The average molecular weight is 250 g/mol. The van der Waals surface area contributed by atoms with Crippen molar-refractivity contribution in [2.45, 2.75) is 26.4 Å². The summed E-state index contributed by atoms with van der Waals surface area (Å²) in [5.74, 6) is 0. The fraction of sp³-hybridized carbons (Fsp3) is 0.308. The van der Waals surface area contributed by atoms with E-state index in [0.29, 0.717) is 6.54 Å². The van der Waals surface area contributed by atoms with E-state index in [4.69, 9.17) is 17.3 Å². The summed E-state index contributed by atoms with van der Waals surface area (Å²) in [4.78, 5) is 0. The second kappa shape index (κ2) is 4.90. The molecule has 0 bridgehead atoms. The van der Waals surface area contributed by atoms with Gasteiger partial charge in [0.05, 0.1) is 23.0 Å². The molecule has 0 saturated carbocycles. The Bertz CT molecular complexity index is 505. The molecule has 2 aromatic rings. The maximum absolute atomic E-state index is 6.15. The smallest absolute Gasteiger partial charge is 0.0844 e. The number of hydrogen-bond acceptors (Lipinski definition) is 2. The first kappa shape index (κ1) is 12.1. The minimum Gasteiger partial charge on any atom is -0.322 e. The Morgan fingerprint density at radius 1 is 1.29 bits per heavy atom. The second-order valence-electron chi connectivity index (χ2n) is 4.18. The van der Waals surface area contributed by atoms with Gasteiger partial charge in [0, 0.05) is 6.04 Å². The molecule has 0 fully saturated rings. The van der Waals surface area contributed by atoms with E-state index in [2.05, 4.69) is 5.10 Å². The van der Waals surface area contributed by atoms with Gasteiger partial charge in [0.25, 0.3) is 0 Å². The van der Waals surface area contributed by atoms with Crippen LogP contribution in [0.1, 0.15) is 23.0 Å². The molecule has 0 amide bonds. The van der Waals surface area contributed by atoms with Crippen LogP contribution in [0.5, 0.6) is 0 Å². The van der Waals surface area contributed by atoms with Crippen LogP contribution in [0.4, 0.5) is 0 Å². The maximum Gasteiger partial charge on any atom is 0.0844 e. The summed E-state index contributed by atoms with van der Waals surface area (Å²) < 4.78 is 1.87. The number of aryl methyl sites for hydroxylation is 1. The number of nitrogens with zero attached hydrogens (tertiary/aromatic N) is 2. The molecule has 1 heterocycles. The maximum atomic E-state index is 6.15. The minimum atomic E-state index is -0.0646. The normalized spacial score (nSPS) is 12.7. The number of rotatable bonds is 3. The summed E-state index contributed by atoms with van der Waals surface area (Å²) >= 11 is 6.10. The monoisotopic (exact) mass is 249 g/mol. The first-order valence-electron chi connectivity index (χ1n) is 5.59. The van der Waals surface area contributed by atoms with Gasteiger partial charge in [0.2, 0.25) is 0 Å². The van der Waals surface area contributed by atoms with Crippen molar-refractivity contribution in [1.29, 1.82) is 0 Å². The summed E-state index contributed by atoms with van der Waals surface area (Å²) in [7, 11) is 0. The number of nitrogens with two attached hydrogens (primary N) is 1. The summed E-state index contributed by atoms with van der Waals surface area (Å²) in [5.41, 5.74) is 9.08. The highest BCUT2D eigenvalue weighted by Gasteiger charge is 2.12. The number of halogens is 1. The lowest BCUT2D eigenvalue weighted by atomic mass is 10.1. The lowest BCUT2D eigenvalue weighted by molar-refractivity contribution is 0.515. The highest BCUT2D eigenvalue weighted by atomic mass is 35.5. The van der Waals surface area contributed by atoms with Gasteiger partial charge in [-0.05, 0) is 19.4 Å². The van der Waals surface area contributed by atoms with Gasteiger partial charge in [-0.3, -0.25) is 4.68 Å². The summed E-state index contributed by atoms with van der Waals surface area (Å²) in [6.07, 6.45) is 0. The molecular formula is C13H16ClN3. The highest BCUT2D eigenvalue weighted by Crippen LogP contribution is 2.21. The fourth-order valence-electron chi connectivity index (χ4n) is 1.84. The van der Waals surface area contributed by atoms with Crippen LogP contribution in [-0.4, -0.2) is 9.78 Å². The second-order valence-corrected chi connectivity index (χ2v) is 4.56. The van der Waals surface area contributed by atoms with Gasteiger partial charge in [-0.25, -0.2) is 0 Å². The predicted molar refractivity (Wildman–Crippen MR) is 70.1 cm³/mol. The summed E-state index contributed by atoms with van der Waals surface area (Å²) in [6.45, 7) is 4.50. The van der Waals surface area contributed by atoms with Crippen molar-refractivity contribution < 1.29 is 0 Å². The third-order valence-corrected chi connectivity index (χ3v) is 3.44. The van der Waals surface area contributed by atoms with E-state index in [1.807, 2.05) is 48.9 Å². The molecule has 17 heavy (non-hydrogen) atoms. The van der Waals surface area contributed by atoms with Crippen LogP contribution < -0.4 is 5.73 Å². The molecule has 1 aromatic carbocycles. The predicted octanol–water partition coefficient (Wildman–Crippen LogP) is 2.85. The van der Waals surface area contributed by atoms with Crippen LogP contribution in [0.15, 0.2) is 30.3 Å². The highest BCUT2D eigenvalue weighted by molar-refractivity contribution is 6.31. The quantitative estimate of drug-likeness (QED) is 0.909. The van der Waals surface area contributed by atoms with Gasteiger partial charge in [-0.2, -0.15) is 5.10 Å². The molecule has 90 valence electrons. The van der Waals surface area contributed by atoms with Crippen molar-refractivity contribution in [3.63, 3.8) is 0 Å². The molecule has 3 nitrogen and oxygen atoms in total. The standard InChI is InChI=1S/C13H16ClN3/c1-9-13(14)10(2)17(16-9)8-12(15)11-6-4-3-5-7-11/h3-7,12H,8,15H2,1-2H3. The first-order chi connectivity index (χ1) is 8.09. The molecule has 1 unspecified atom stereocenters. The topological polar surface area (TPSA) is 43.8 Å². The van der Waals surface area contributed by atoms with Crippen LogP contribution in [0.3, 0.4) is 0 Å². The van der Waals surface area contributed by atoms with Gasteiger partial charge in [-0.15, -0.1) is 0 Å². The van der Waals surface area contributed by atoms with Gasteiger partial charge in [0.15, 0.2) is 0 Å². The number of benzene rings is 1. The SMILES string of the molecule is Cc1nn(CC(N)c2ccccc2)c(C)c1Cl. The Hall–Kier alpha value is -1.32. The summed E-state index contributed by atoms with van der Waals surface area (Å²) in [6, 6.07) is 9.95. The zero-order valence-electron chi connectivity index (χ0n) is 10.0. The molecule has 4 heteroatoms. The van der Waals surface area contributed by atoms with E-state index < -0.39 is 0 Å². The zero-order valence-corrected chi connectivity index (χ0v) is 10.8. The number of hydrogen-bond donors (Lipinski definition) is 1. The van der Waals surface area contributed by atoms with E-state index in [1.54, 1.807) is 0 Å². The Morgan fingerprint density at radius 2 is 1.94 bits per heavy atom. The van der Waals surface area contributed by atoms with Crippen LogP contribution >= 0.6 is 11.6 Å². The van der Waals surface area contributed by atoms with Crippen molar-refractivity contribution in [1.82, 2.24) is 9.78 Å². The minimum absolute atomic E-state index is 0.0646. The van der Waals surface area contributed by atoms with Crippen molar-refractivity contribution in [3.8, 4) is 0 Å². The molecule has 0 spiro atoms. The fourth-order valence-corrected chi connectivity index (χ4v) is 1.98. The average Bonchev–Trinajstić information content (AvgIpc) is 2.58. The Labute approximate surface area is 106 Å². The largest absolute Gasteiger partial charge is 0.322 e. The molecule has 2 N–H and O–H groups in total. The third-order valence-electron chi connectivity index (χ3n) is 2.89. The molecular weight excluding hydrogens is 234 g/mol. The van der Waals surface area contributed by atoms with Crippen LogP contribution in [0.2, 0.25) is 5.02 Å². The molecule has 0 aliphatic rings. The third kappa shape index (κ3) is 2.51. The van der Waals surface area contributed by atoms with Crippen LogP contribution in [0.25, 0.3) is 0 Å². The van der Waals surface area contributed by atoms with E-state index in [0.717, 1.165) is 22.0 Å². The van der Waals surface area contributed by atoms with Crippen molar-refractivity contribution >= 4 is 11.6 Å².